The van der Waals surface area contributed by atoms with E-state index < -0.39 is 0 Å². The van der Waals surface area contributed by atoms with Gasteiger partial charge >= 0.3 is 0 Å². The van der Waals surface area contributed by atoms with Gasteiger partial charge in [-0.1, -0.05) is 31.3 Å². The summed E-state index contributed by atoms with van der Waals surface area (Å²) in [6, 6.07) is 5.09. The van der Waals surface area contributed by atoms with Crippen LogP contribution in [0.5, 0.6) is 0 Å². The Labute approximate surface area is 115 Å². The van der Waals surface area contributed by atoms with Gasteiger partial charge < -0.3 is 10.0 Å². The lowest BCUT2D eigenvalue weighted by Crippen LogP contribution is -2.19. The Hall–Kier alpha value is -1.37. The van der Waals surface area contributed by atoms with Gasteiger partial charge in [0.15, 0.2) is 0 Å². The fraction of sp³-hybridized carbons (Fsp3) is 0.500. The lowest BCUT2D eigenvalue weighted by molar-refractivity contribution is 0.305. The number of aliphatic hydroxyl groups excluding tert-OH is 1. The predicted molar refractivity (Wildman–Crippen MR) is 76.2 cm³/mol. The van der Waals surface area contributed by atoms with Crippen LogP contribution in [0.1, 0.15) is 37.3 Å². The van der Waals surface area contributed by atoms with Crippen LogP contribution in [0.15, 0.2) is 18.2 Å². The molecule has 104 valence electrons. The molecule has 1 N–H and O–H groups in total. The lowest BCUT2D eigenvalue weighted by atomic mass is 10.1. The summed E-state index contributed by atoms with van der Waals surface area (Å²) in [7, 11) is 2.00. The molecule has 0 heterocycles. The monoisotopic (exact) mass is 263 g/mol. The molecule has 0 bridgehead atoms. The molecule has 1 rings (SSSR count). The first-order valence-electron chi connectivity index (χ1n) is 6.74. The topological polar surface area (TPSA) is 23.5 Å². The molecule has 0 saturated carbocycles. The van der Waals surface area contributed by atoms with Crippen molar-refractivity contribution >= 4 is 0 Å². The van der Waals surface area contributed by atoms with E-state index in [1.54, 1.807) is 6.07 Å². The third-order valence-corrected chi connectivity index (χ3v) is 2.86. The van der Waals surface area contributed by atoms with Gasteiger partial charge in [0.2, 0.25) is 0 Å². The average Bonchev–Trinajstić information content (AvgIpc) is 2.40. The van der Waals surface area contributed by atoms with E-state index in [2.05, 4.69) is 23.7 Å². The van der Waals surface area contributed by atoms with Gasteiger partial charge in [-0.05, 0) is 32.1 Å². The molecule has 0 aliphatic carbocycles. The molecule has 0 aliphatic rings. The van der Waals surface area contributed by atoms with Gasteiger partial charge in [0, 0.05) is 24.1 Å². The Morgan fingerprint density at radius 3 is 2.79 bits per heavy atom. The van der Waals surface area contributed by atoms with Crippen LogP contribution in [0.4, 0.5) is 4.39 Å². The molecule has 0 unspecified atom stereocenters. The van der Waals surface area contributed by atoms with Crippen LogP contribution >= 0.6 is 0 Å². The van der Waals surface area contributed by atoms with E-state index >= 15 is 0 Å². The van der Waals surface area contributed by atoms with Crippen molar-refractivity contribution < 1.29 is 9.50 Å². The van der Waals surface area contributed by atoms with E-state index in [0.29, 0.717) is 24.1 Å². The molecule has 3 heteroatoms. The highest BCUT2D eigenvalue weighted by molar-refractivity contribution is 5.37. The molecule has 19 heavy (non-hydrogen) atoms. The highest BCUT2D eigenvalue weighted by Gasteiger charge is 2.05. The van der Waals surface area contributed by atoms with E-state index in [1.807, 2.05) is 13.1 Å². The van der Waals surface area contributed by atoms with Crippen LogP contribution < -0.4 is 0 Å². The Morgan fingerprint density at radius 2 is 2.16 bits per heavy atom. The van der Waals surface area contributed by atoms with E-state index in [-0.39, 0.29) is 12.4 Å². The van der Waals surface area contributed by atoms with Crippen LogP contribution in [0, 0.1) is 17.7 Å². The number of nitrogens with zero attached hydrogens (tertiary/aromatic N) is 1. The molecule has 0 fully saturated rings. The molecule has 0 amide bonds. The zero-order chi connectivity index (χ0) is 14.1. The van der Waals surface area contributed by atoms with Crippen molar-refractivity contribution in [1.82, 2.24) is 4.90 Å². The summed E-state index contributed by atoms with van der Waals surface area (Å²) >= 11 is 0. The number of rotatable bonds is 6. The molecule has 0 aliphatic heterocycles. The van der Waals surface area contributed by atoms with Gasteiger partial charge in [0.25, 0.3) is 0 Å². The minimum atomic E-state index is -0.209. The molecule has 0 saturated heterocycles. The van der Waals surface area contributed by atoms with Crippen molar-refractivity contribution in [3.63, 3.8) is 0 Å². The summed E-state index contributed by atoms with van der Waals surface area (Å²) in [5.41, 5.74) is 1.36. The highest BCUT2D eigenvalue weighted by atomic mass is 19.1. The number of unbranched alkanes of at least 4 members (excludes halogenated alkanes) is 1. The number of hydrogen-bond acceptors (Lipinski definition) is 2. The second-order valence-corrected chi connectivity index (χ2v) is 4.67. The van der Waals surface area contributed by atoms with Crippen LogP contribution in [0.2, 0.25) is 0 Å². The molecule has 2 nitrogen and oxygen atoms in total. The van der Waals surface area contributed by atoms with Crippen molar-refractivity contribution in [2.24, 2.45) is 0 Å². The summed E-state index contributed by atoms with van der Waals surface area (Å²) in [6.45, 7) is 3.79. The third kappa shape index (κ3) is 5.87. The average molecular weight is 263 g/mol. The molecular weight excluding hydrogens is 241 g/mol. The van der Waals surface area contributed by atoms with Gasteiger partial charge in [-0.15, -0.1) is 0 Å². The van der Waals surface area contributed by atoms with Crippen molar-refractivity contribution in [3.05, 3.63) is 35.1 Å². The van der Waals surface area contributed by atoms with Gasteiger partial charge in [-0.25, -0.2) is 4.39 Å². The normalized spacial score (nSPS) is 10.4. The molecule has 0 radical (unpaired) electrons. The molecule has 0 spiro atoms. The smallest absolute Gasteiger partial charge is 0.128 e. The fourth-order valence-corrected chi connectivity index (χ4v) is 1.77. The largest absolute Gasteiger partial charge is 0.395 e. The predicted octanol–water partition coefficient (Wildman–Crippen LogP) is 2.79. The molecule has 1 aromatic rings. The summed E-state index contributed by atoms with van der Waals surface area (Å²) in [5, 5.41) is 8.63. The Balaban J connectivity index is 2.64. The molecule has 0 atom stereocenters. The second kappa shape index (κ2) is 8.68. The van der Waals surface area contributed by atoms with E-state index in [4.69, 9.17) is 5.11 Å². The van der Waals surface area contributed by atoms with E-state index in [0.717, 1.165) is 19.4 Å². The first kappa shape index (κ1) is 15.7. The second-order valence-electron chi connectivity index (χ2n) is 4.67. The highest BCUT2D eigenvalue weighted by Crippen LogP contribution is 2.12. The maximum atomic E-state index is 13.9. The summed E-state index contributed by atoms with van der Waals surface area (Å²) in [6.07, 6.45) is 2.69. The Kier molecular flexibility index (Phi) is 7.17. The third-order valence-electron chi connectivity index (χ3n) is 2.86. The van der Waals surface area contributed by atoms with E-state index in [1.165, 1.54) is 6.07 Å². The van der Waals surface area contributed by atoms with Gasteiger partial charge in [-0.2, -0.15) is 0 Å². The summed E-state index contributed by atoms with van der Waals surface area (Å²) in [5.74, 6) is 5.42. The quantitative estimate of drug-likeness (QED) is 0.798. The van der Waals surface area contributed by atoms with Crippen molar-refractivity contribution in [2.45, 2.75) is 32.7 Å². The maximum absolute atomic E-state index is 13.9. The zero-order valence-corrected chi connectivity index (χ0v) is 11.7. The van der Waals surface area contributed by atoms with Crippen LogP contribution in [-0.4, -0.2) is 30.2 Å². The van der Waals surface area contributed by atoms with E-state index in [9.17, 15) is 4.39 Å². The van der Waals surface area contributed by atoms with Crippen LogP contribution in [-0.2, 0) is 6.54 Å². The molecule has 1 aromatic carbocycles. The minimum Gasteiger partial charge on any atom is -0.395 e. The first-order valence-corrected chi connectivity index (χ1v) is 6.74. The van der Waals surface area contributed by atoms with Crippen LogP contribution in [0.25, 0.3) is 0 Å². The van der Waals surface area contributed by atoms with Crippen molar-refractivity contribution in [2.75, 3.05) is 20.2 Å². The minimum absolute atomic E-state index is 0.0375. The van der Waals surface area contributed by atoms with Gasteiger partial charge in [0.1, 0.15) is 5.82 Å². The molecule has 0 aromatic heterocycles. The standard InChI is InChI=1S/C16H22FNO/c1-3-4-10-18(2)13-15-9-8-14(12-16(15)17)7-5-6-11-19/h8-9,12,19H,3-4,6,10-11,13H2,1-2H3. The number of aliphatic hydroxyl groups is 1. The Bertz CT molecular complexity index is 448. The lowest BCUT2D eigenvalue weighted by Gasteiger charge is -2.16. The van der Waals surface area contributed by atoms with Gasteiger partial charge in [-0.3, -0.25) is 0 Å². The van der Waals surface area contributed by atoms with Crippen molar-refractivity contribution in [3.8, 4) is 11.8 Å². The Morgan fingerprint density at radius 1 is 1.37 bits per heavy atom. The summed E-state index contributed by atoms with van der Waals surface area (Å²) in [4.78, 5) is 2.12. The van der Waals surface area contributed by atoms with Crippen LogP contribution in [0.3, 0.4) is 0 Å². The SMILES string of the molecule is CCCCN(C)Cc1ccc(C#CCCO)cc1F. The maximum Gasteiger partial charge on any atom is 0.128 e. The molecular formula is C16H22FNO. The number of halogens is 1. The first-order chi connectivity index (χ1) is 9.17. The zero-order valence-electron chi connectivity index (χ0n) is 11.7. The van der Waals surface area contributed by atoms with Crippen molar-refractivity contribution in [1.29, 1.82) is 0 Å². The van der Waals surface area contributed by atoms with Gasteiger partial charge in [0.05, 0.1) is 6.61 Å². The fourth-order valence-electron chi connectivity index (χ4n) is 1.77. The number of benzene rings is 1. The number of hydrogen-bond donors (Lipinski definition) is 1. The summed E-state index contributed by atoms with van der Waals surface area (Å²) < 4.78 is 13.9.